The largest absolute Gasteiger partial charge is 0.744 e. The maximum atomic E-state index is 11.3. The minimum atomic E-state index is -4.48. The summed E-state index contributed by atoms with van der Waals surface area (Å²) in [7, 11) is -4.48. The van der Waals surface area contributed by atoms with Crippen molar-refractivity contribution in [1.82, 2.24) is 4.98 Å². The lowest BCUT2D eigenvalue weighted by Gasteiger charge is -2.14. The fraction of sp³-hybridized carbons (Fsp3) is 0.250. The summed E-state index contributed by atoms with van der Waals surface area (Å²) >= 11 is 0. The van der Waals surface area contributed by atoms with Crippen molar-refractivity contribution in [2.45, 2.75) is 30.6 Å². The number of hydrogen-bond donors (Lipinski definition) is 0. The molecule has 1 aliphatic heterocycles. The monoisotopic (exact) mass is 382 g/mol. The van der Waals surface area contributed by atoms with Crippen LogP contribution in [0.4, 0.5) is 5.69 Å². The van der Waals surface area contributed by atoms with Gasteiger partial charge < -0.3 is 8.97 Å². The van der Waals surface area contributed by atoms with E-state index in [2.05, 4.69) is 10.9 Å². The SMILES string of the molecule is CC1(C)C[N+](=C=CCc2nc3ccccc3o2)c2ccc(S(=O)(=O)[O-])cc21. The third-order valence-corrected chi connectivity index (χ3v) is 5.52. The molecule has 1 aromatic heterocycles. The van der Waals surface area contributed by atoms with Crippen molar-refractivity contribution >= 4 is 32.8 Å². The average Bonchev–Trinajstić information content (AvgIpc) is 3.12. The van der Waals surface area contributed by atoms with E-state index in [-0.39, 0.29) is 10.3 Å². The molecule has 4 rings (SSSR count). The summed E-state index contributed by atoms with van der Waals surface area (Å²) in [6.07, 6.45) is 2.34. The van der Waals surface area contributed by atoms with Gasteiger partial charge in [0.15, 0.2) is 23.9 Å². The highest BCUT2D eigenvalue weighted by Gasteiger charge is 2.40. The van der Waals surface area contributed by atoms with Gasteiger partial charge in [-0.05, 0) is 38.1 Å². The minimum absolute atomic E-state index is 0.202. The molecule has 0 fully saturated rings. The van der Waals surface area contributed by atoms with Crippen LogP contribution in [0.3, 0.4) is 0 Å². The normalized spacial score (nSPS) is 15.6. The number of para-hydroxylation sites is 2. The Morgan fingerprint density at radius 3 is 2.81 bits per heavy atom. The number of fused-ring (bicyclic) bond motifs is 2. The molecule has 1 aliphatic rings. The van der Waals surface area contributed by atoms with Crippen LogP contribution in [-0.2, 0) is 22.0 Å². The Labute approximate surface area is 157 Å². The summed E-state index contributed by atoms with van der Waals surface area (Å²) in [5.74, 6) is 3.83. The predicted molar refractivity (Wildman–Crippen MR) is 99.5 cm³/mol. The third-order valence-electron chi connectivity index (χ3n) is 4.69. The molecule has 0 saturated carbocycles. The first kappa shape index (κ1) is 17.7. The van der Waals surface area contributed by atoms with Crippen LogP contribution in [-0.4, -0.2) is 34.9 Å². The molecule has 0 saturated heterocycles. The standard InChI is InChI=1S/C20H18N2O4S/c1-20(2)13-22(17-10-9-14(12-15(17)20)27(23,24)25)11-5-8-19-21-16-6-3-4-7-18(16)26-19/h3-7,9-10,12H,8,13H2,1-2H3. The predicted octanol–water partition coefficient (Wildman–Crippen LogP) is 3.14. The summed E-state index contributed by atoms with van der Waals surface area (Å²) in [5, 5.41) is 0. The van der Waals surface area contributed by atoms with E-state index in [9.17, 15) is 13.0 Å². The first-order chi connectivity index (χ1) is 12.7. The highest BCUT2D eigenvalue weighted by atomic mass is 32.2. The maximum absolute atomic E-state index is 11.3. The number of benzene rings is 2. The van der Waals surface area contributed by atoms with Gasteiger partial charge in [0.2, 0.25) is 5.69 Å². The van der Waals surface area contributed by atoms with Gasteiger partial charge in [0, 0.05) is 17.7 Å². The smallest absolute Gasteiger partial charge is 0.218 e. The maximum Gasteiger partial charge on any atom is 0.218 e. The molecule has 0 N–H and O–H groups in total. The topological polar surface area (TPSA) is 86.2 Å². The molecule has 6 nitrogen and oxygen atoms in total. The zero-order valence-corrected chi connectivity index (χ0v) is 15.8. The Morgan fingerprint density at radius 2 is 2.07 bits per heavy atom. The van der Waals surface area contributed by atoms with Crippen LogP contribution in [0.5, 0.6) is 0 Å². The molecule has 27 heavy (non-hydrogen) atoms. The molecular weight excluding hydrogens is 364 g/mol. The van der Waals surface area contributed by atoms with E-state index in [1.54, 1.807) is 6.07 Å². The van der Waals surface area contributed by atoms with E-state index < -0.39 is 10.1 Å². The summed E-state index contributed by atoms with van der Waals surface area (Å²) in [4.78, 5) is 4.23. The van der Waals surface area contributed by atoms with Crippen LogP contribution in [0, 0.1) is 0 Å². The highest BCUT2D eigenvalue weighted by Crippen LogP contribution is 2.39. The van der Waals surface area contributed by atoms with Crippen molar-refractivity contribution in [3.63, 3.8) is 0 Å². The fourth-order valence-corrected chi connectivity index (χ4v) is 3.88. The van der Waals surface area contributed by atoms with Gasteiger partial charge in [-0.2, -0.15) is 0 Å². The van der Waals surface area contributed by atoms with Gasteiger partial charge in [-0.1, -0.05) is 12.1 Å². The van der Waals surface area contributed by atoms with Gasteiger partial charge in [0.05, 0.1) is 16.7 Å². The lowest BCUT2D eigenvalue weighted by atomic mass is 9.87. The Bertz CT molecular complexity index is 1180. The quantitative estimate of drug-likeness (QED) is 0.513. The Hall–Kier alpha value is -2.73. The van der Waals surface area contributed by atoms with E-state index >= 15 is 0 Å². The highest BCUT2D eigenvalue weighted by molar-refractivity contribution is 7.85. The molecule has 0 unspecified atom stereocenters. The number of oxazole rings is 1. The average molecular weight is 382 g/mol. The van der Waals surface area contributed by atoms with Gasteiger partial charge in [-0.15, -0.1) is 4.58 Å². The van der Waals surface area contributed by atoms with Gasteiger partial charge in [-0.3, -0.25) is 0 Å². The molecule has 0 radical (unpaired) electrons. The van der Waals surface area contributed by atoms with E-state index in [0.717, 1.165) is 22.4 Å². The fourth-order valence-electron chi connectivity index (χ4n) is 3.38. The zero-order chi connectivity index (χ0) is 19.2. The molecule has 0 amide bonds. The van der Waals surface area contributed by atoms with Crippen molar-refractivity contribution in [3.05, 3.63) is 60.0 Å². The molecule has 0 spiro atoms. The summed E-state index contributed by atoms with van der Waals surface area (Å²) in [6, 6.07) is 12.1. The second-order valence-electron chi connectivity index (χ2n) is 7.22. The first-order valence-electron chi connectivity index (χ1n) is 8.54. The van der Waals surface area contributed by atoms with E-state index in [4.69, 9.17) is 4.42 Å². The number of nitrogens with zero attached hydrogens (tertiary/aromatic N) is 2. The van der Waals surface area contributed by atoms with Crippen LogP contribution in [0.25, 0.3) is 11.1 Å². The van der Waals surface area contributed by atoms with E-state index in [1.165, 1.54) is 12.1 Å². The van der Waals surface area contributed by atoms with Crippen molar-refractivity contribution in [2.75, 3.05) is 6.54 Å². The van der Waals surface area contributed by atoms with Crippen LogP contribution in [0.1, 0.15) is 25.3 Å². The molecule has 0 aliphatic carbocycles. The third kappa shape index (κ3) is 3.32. The molecule has 2 aromatic carbocycles. The van der Waals surface area contributed by atoms with Crippen LogP contribution < -0.4 is 0 Å². The molecule has 0 atom stereocenters. The van der Waals surface area contributed by atoms with Crippen LogP contribution >= 0.6 is 0 Å². The molecular formula is C20H18N2O4S. The summed E-state index contributed by atoms with van der Waals surface area (Å²) in [5.41, 5.74) is 2.94. The van der Waals surface area contributed by atoms with Crippen molar-refractivity contribution in [2.24, 2.45) is 0 Å². The van der Waals surface area contributed by atoms with Crippen LogP contribution in [0.2, 0.25) is 0 Å². The van der Waals surface area contributed by atoms with Crippen LogP contribution in [0.15, 0.2) is 57.9 Å². The second-order valence-corrected chi connectivity index (χ2v) is 8.60. The number of rotatable bonds is 3. The Morgan fingerprint density at radius 1 is 1.30 bits per heavy atom. The van der Waals surface area contributed by atoms with Crippen molar-refractivity contribution < 1.29 is 22.0 Å². The van der Waals surface area contributed by atoms with Gasteiger partial charge in [-0.25, -0.2) is 13.4 Å². The molecule has 7 heteroatoms. The van der Waals surface area contributed by atoms with Crippen molar-refractivity contribution in [3.8, 4) is 0 Å². The Balaban J connectivity index is 1.68. The number of allylic oxidation sites excluding steroid dienone is 1. The number of aromatic nitrogens is 1. The molecule has 2 heterocycles. The second kappa shape index (κ2) is 6.16. The van der Waals surface area contributed by atoms with Crippen molar-refractivity contribution in [1.29, 1.82) is 0 Å². The first-order valence-corrected chi connectivity index (χ1v) is 9.95. The van der Waals surface area contributed by atoms with E-state index in [1.807, 2.05) is 48.8 Å². The molecule has 138 valence electrons. The van der Waals surface area contributed by atoms with E-state index in [0.29, 0.717) is 18.9 Å². The zero-order valence-electron chi connectivity index (χ0n) is 15.0. The summed E-state index contributed by atoms with van der Waals surface area (Å²) < 4.78 is 41.6. The van der Waals surface area contributed by atoms with Gasteiger partial charge in [0.25, 0.3) is 0 Å². The summed E-state index contributed by atoms with van der Waals surface area (Å²) in [6.45, 7) is 4.65. The molecule has 0 bridgehead atoms. The minimum Gasteiger partial charge on any atom is -0.744 e. The molecule has 3 aromatic rings. The number of hydrogen-bond acceptors (Lipinski definition) is 5. The lowest BCUT2D eigenvalue weighted by Crippen LogP contribution is -2.20. The Kier molecular flexibility index (Phi) is 4.03. The van der Waals surface area contributed by atoms with Gasteiger partial charge in [0.1, 0.15) is 15.6 Å². The van der Waals surface area contributed by atoms with Gasteiger partial charge >= 0.3 is 0 Å². The lowest BCUT2D eigenvalue weighted by molar-refractivity contribution is -0.429.